The summed E-state index contributed by atoms with van der Waals surface area (Å²) in [5.41, 5.74) is 16.8. The molecule has 0 spiro atoms. The standard InChI is InChI=1S/C16H17N5O2/c1-22-10-5-7-3-4-9-12(8(7)6-11(10)23-2)13-14(17)20-16(18)21-15(13)19-9/h5-6H,3-4H2,1-2H3,(H5,17,18,19,20,21). The third-order valence-corrected chi connectivity index (χ3v) is 4.30. The van der Waals surface area contributed by atoms with Gasteiger partial charge in [-0.05, 0) is 36.1 Å². The lowest BCUT2D eigenvalue weighted by atomic mass is 9.88. The van der Waals surface area contributed by atoms with E-state index >= 15 is 0 Å². The fourth-order valence-electron chi connectivity index (χ4n) is 3.29. The smallest absolute Gasteiger partial charge is 0.223 e. The van der Waals surface area contributed by atoms with Crippen molar-refractivity contribution in [1.29, 1.82) is 0 Å². The van der Waals surface area contributed by atoms with Crippen molar-refractivity contribution >= 4 is 22.8 Å². The van der Waals surface area contributed by atoms with Gasteiger partial charge in [-0.25, -0.2) is 0 Å². The first-order valence-electron chi connectivity index (χ1n) is 7.31. The molecule has 0 saturated heterocycles. The van der Waals surface area contributed by atoms with E-state index in [1.54, 1.807) is 14.2 Å². The summed E-state index contributed by atoms with van der Waals surface area (Å²) in [7, 11) is 3.26. The van der Waals surface area contributed by atoms with Crippen LogP contribution >= 0.6 is 0 Å². The van der Waals surface area contributed by atoms with Gasteiger partial charge in [0.25, 0.3) is 0 Å². The molecule has 0 radical (unpaired) electrons. The number of nitrogen functional groups attached to an aromatic ring is 2. The molecule has 1 aliphatic carbocycles. The molecule has 0 unspecified atom stereocenters. The van der Waals surface area contributed by atoms with Crippen LogP contribution in [0.5, 0.6) is 11.5 Å². The van der Waals surface area contributed by atoms with Gasteiger partial charge in [-0.3, -0.25) is 0 Å². The Labute approximate surface area is 132 Å². The molecule has 7 nitrogen and oxygen atoms in total. The SMILES string of the molecule is COc1cc2c(cc1OC)-c1c([nH]c3nc(N)nc(N)c13)CC2. The zero-order chi connectivity index (χ0) is 16.1. The molecule has 1 aromatic carbocycles. The van der Waals surface area contributed by atoms with Crippen molar-refractivity contribution in [3.8, 4) is 22.6 Å². The molecule has 7 heteroatoms. The number of methoxy groups -OCH3 is 2. The predicted molar refractivity (Wildman–Crippen MR) is 88.7 cm³/mol. The van der Waals surface area contributed by atoms with Gasteiger partial charge in [0.1, 0.15) is 11.5 Å². The van der Waals surface area contributed by atoms with Crippen LogP contribution in [0.15, 0.2) is 12.1 Å². The van der Waals surface area contributed by atoms with Crippen LogP contribution < -0.4 is 20.9 Å². The van der Waals surface area contributed by atoms with Crippen molar-refractivity contribution in [1.82, 2.24) is 15.0 Å². The number of nitrogens with zero attached hydrogens (tertiary/aromatic N) is 2. The summed E-state index contributed by atoms with van der Waals surface area (Å²) < 4.78 is 10.8. The minimum atomic E-state index is 0.168. The average molecular weight is 311 g/mol. The number of hydrogen-bond donors (Lipinski definition) is 3. The Hall–Kier alpha value is -2.96. The van der Waals surface area contributed by atoms with E-state index in [9.17, 15) is 0 Å². The number of aromatic amines is 1. The number of nitrogens with two attached hydrogens (primary N) is 2. The maximum absolute atomic E-state index is 6.10. The maximum Gasteiger partial charge on any atom is 0.223 e. The van der Waals surface area contributed by atoms with Crippen LogP contribution in [-0.4, -0.2) is 29.2 Å². The molecular weight excluding hydrogens is 294 g/mol. The van der Waals surface area contributed by atoms with Gasteiger partial charge < -0.3 is 25.9 Å². The Morgan fingerprint density at radius 2 is 1.78 bits per heavy atom. The lowest BCUT2D eigenvalue weighted by Crippen LogP contribution is -2.05. The van der Waals surface area contributed by atoms with Crippen molar-refractivity contribution in [3.05, 3.63) is 23.4 Å². The Morgan fingerprint density at radius 3 is 2.52 bits per heavy atom. The molecule has 2 aromatic heterocycles. The van der Waals surface area contributed by atoms with Gasteiger partial charge in [0, 0.05) is 11.3 Å². The van der Waals surface area contributed by atoms with E-state index in [0.717, 1.165) is 40.8 Å². The number of ether oxygens (including phenoxy) is 2. The number of nitrogens with one attached hydrogen (secondary N) is 1. The summed E-state index contributed by atoms with van der Waals surface area (Å²) >= 11 is 0. The van der Waals surface area contributed by atoms with E-state index in [0.29, 0.717) is 17.2 Å². The van der Waals surface area contributed by atoms with E-state index in [2.05, 4.69) is 15.0 Å². The van der Waals surface area contributed by atoms with Crippen molar-refractivity contribution in [3.63, 3.8) is 0 Å². The van der Waals surface area contributed by atoms with Gasteiger partial charge in [0.05, 0.1) is 19.6 Å². The molecule has 4 rings (SSSR count). The minimum Gasteiger partial charge on any atom is -0.493 e. The van der Waals surface area contributed by atoms with Crippen LogP contribution in [0.4, 0.5) is 11.8 Å². The molecule has 23 heavy (non-hydrogen) atoms. The number of anilines is 2. The van der Waals surface area contributed by atoms with Crippen molar-refractivity contribution in [2.75, 3.05) is 25.7 Å². The van der Waals surface area contributed by atoms with Crippen LogP contribution in [0.2, 0.25) is 0 Å². The highest BCUT2D eigenvalue weighted by Crippen LogP contribution is 2.44. The first kappa shape index (κ1) is 13.7. The van der Waals surface area contributed by atoms with Crippen molar-refractivity contribution in [2.24, 2.45) is 0 Å². The highest BCUT2D eigenvalue weighted by Gasteiger charge is 2.25. The number of benzene rings is 1. The summed E-state index contributed by atoms with van der Waals surface area (Å²) in [6, 6.07) is 4.00. The minimum absolute atomic E-state index is 0.168. The highest BCUT2D eigenvalue weighted by atomic mass is 16.5. The average Bonchev–Trinajstić information content (AvgIpc) is 2.92. The predicted octanol–water partition coefficient (Wildman–Crippen LogP) is 1.91. The van der Waals surface area contributed by atoms with E-state index in [-0.39, 0.29) is 5.95 Å². The quantitative estimate of drug-likeness (QED) is 0.666. The molecule has 0 saturated carbocycles. The molecule has 0 aliphatic heterocycles. The Balaban J connectivity index is 2.05. The van der Waals surface area contributed by atoms with Crippen molar-refractivity contribution < 1.29 is 9.47 Å². The van der Waals surface area contributed by atoms with E-state index in [1.807, 2.05) is 12.1 Å². The molecule has 118 valence electrons. The molecule has 1 aliphatic rings. The Kier molecular flexibility index (Phi) is 2.84. The summed E-state index contributed by atoms with van der Waals surface area (Å²) in [5.74, 6) is 1.96. The topological polar surface area (TPSA) is 112 Å². The Morgan fingerprint density at radius 1 is 1.04 bits per heavy atom. The number of fused-ring (bicyclic) bond motifs is 5. The van der Waals surface area contributed by atoms with E-state index < -0.39 is 0 Å². The molecular formula is C16H17N5O2. The zero-order valence-corrected chi connectivity index (χ0v) is 12.9. The van der Waals surface area contributed by atoms with E-state index in [4.69, 9.17) is 20.9 Å². The van der Waals surface area contributed by atoms with Crippen molar-refractivity contribution in [2.45, 2.75) is 12.8 Å². The molecule has 0 fully saturated rings. The fraction of sp³-hybridized carbons (Fsp3) is 0.250. The van der Waals surface area contributed by atoms with Gasteiger partial charge >= 0.3 is 0 Å². The summed E-state index contributed by atoms with van der Waals surface area (Å²) in [6.45, 7) is 0. The fourth-order valence-corrected chi connectivity index (χ4v) is 3.29. The number of rotatable bonds is 2. The first-order valence-corrected chi connectivity index (χ1v) is 7.31. The van der Waals surface area contributed by atoms with Gasteiger partial charge in [0.2, 0.25) is 5.95 Å². The maximum atomic E-state index is 6.10. The number of H-pyrrole nitrogens is 1. The molecule has 0 amide bonds. The molecule has 0 bridgehead atoms. The zero-order valence-electron chi connectivity index (χ0n) is 12.9. The first-order chi connectivity index (χ1) is 11.1. The second kappa shape index (κ2) is 4.77. The number of aryl methyl sites for hydroxylation is 2. The van der Waals surface area contributed by atoms with Gasteiger partial charge in [-0.15, -0.1) is 0 Å². The largest absolute Gasteiger partial charge is 0.493 e. The van der Waals surface area contributed by atoms with Crippen LogP contribution in [0, 0.1) is 0 Å². The monoisotopic (exact) mass is 311 g/mol. The van der Waals surface area contributed by atoms with Crippen LogP contribution in [0.25, 0.3) is 22.2 Å². The number of aromatic nitrogens is 3. The van der Waals surface area contributed by atoms with E-state index in [1.165, 1.54) is 5.56 Å². The highest BCUT2D eigenvalue weighted by molar-refractivity contribution is 6.03. The summed E-state index contributed by atoms with van der Waals surface area (Å²) in [4.78, 5) is 11.7. The van der Waals surface area contributed by atoms with Crippen LogP contribution in [0.1, 0.15) is 11.3 Å². The van der Waals surface area contributed by atoms with Gasteiger partial charge in [-0.1, -0.05) is 0 Å². The van der Waals surface area contributed by atoms with Crippen LogP contribution in [0.3, 0.4) is 0 Å². The third kappa shape index (κ3) is 1.89. The summed E-state index contributed by atoms with van der Waals surface area (Å²) in [6.07, 6.45) is 1.77. The summed E-state index contributed by atoms with van der Waals surface area (Å²) in [5, 5.41) is 0.808. The van der Waals surface area contributed by atoms with Crippen LogP contribution in [-0.2, 0) is 12.8 Å². The molecule has 2 heterocycles. The second-order valence-electron chi connectivity index (χ2n) is 5.53. The normalized spacial score (nSPS) is 12.8. The lowest BCUT2D eigenvalue weighted by molar-refractivity contribution is 0.354. The molecule has 0 atom stereocenters. The lowest BCUT2D eigenvalue weighted by Gasteiger charge is -2.19. The number of hydrogen-bond acceptors (Lipinski definition) is 6. The van der Waals surface area contributed by atoms with Gasteiger partial charge in [0.15, 0.2) is 11.5 Å². The molecule has 3 aromatic rings. The van der Waals surface area contributed by atoms with Gasteiger partial charge in [-0.2, -0.15) is 9.97 Å². The Bertz CT molecular complexity index is 932. The third-order valence-electron chi connectivity index (χ3n) is 4.30. The second-order valence-corrected chi connectivity index (χ2v) is 5.53. The molecule has 5 N–H and O–H groups in total.